The summed E-state index contributed by atoms with van der Waals surface area (Å²) in [5.41, 5.74) is 0. The van der Waals surface area contributed by atoms with Gasteiger partial charge in [0.1, 0.15) is 0 Å². The maximum absolute atomic E-state index is 12.3. The summed E-state index contributed by atoms with van der Waals surface area (Å²) >= 11 is 0. The molecule has 0 fully saturated rings. The van der Waals surface area contributed by atoms with Crippen molar-refractivity contribution in [1.29, 1.82) is 0 Å². The minimum absolute atomic E-state index is 0.0724. The van der Waals surface area contributed by atoms with Crippen LogP contribution in [0, 0.1) is 0 Å². The van der Waals surface area contributed by atoms with E-state index in [-0.39, 0.29) is 12.5 Å². The molecule has 2 unspecified atom stereocenters. The predicted molar refractivity (Wildman–Crippen MR) is 258 cm³/mol. The van der Waals surface area contributed by atoms with Crippen LogP contribution in [0.3, 0.4) is 0 Å². The molecule has 0 spiro atoms. The molecular formula is C54H105NO3. The quantitative estimate of drug-likeness (QED) is 0.0423. The molecule has 0 saturated carbocycles. The second kappa shape index (κ2) is 50.2. The summed E-state index contributed by atoms with van der Waals surface area (Å²) in [7, 11) is 0. The van der Waals surface area contributed by atoms with Gasteiger partial charge in [-0.15, -0.1) is 0 Å². The molecule has 0 aliphatic rings. The van der Waals surface area contributed by atoms with Crippen LogP contribution in [-0.4, -0.2) is 34.9 Å². The number of carbonyl (C=O) groups excluding carboxylic acids is 1. The first-order valence-corrected chi connectivity index (χ1v) is 26.6. The maximum Gasteiger partial charge on any atom is 0.220 e. The topological polar surface area (TPSA) is 69.6 Å². The molecule has 0 aromatic heterocycles. The van der Waals surface area contributed by atoms with Gasteiger partial charge in [-0.3, -0.25) is 4.79 Å². The number of hydrogen-bond donors (Lipinski definition) is 3. The van der Waals surface area contributed by atoms with Gasteiger partial charge in [-0.25, -0.2) is 0 Å². The van der Waals surface area contributed by atoms with Gasteiger partial charge in [0.2, 0.25) is 5.91 Å². The first-order valence-electron chi connectivity index (χ1n) is 26.6. The Labute approximate surface area is 364 Å². The fourth-order valence-corrected chi connectivity index (χ4v) is 8.36. The highest BCUT2D eigenvalue weighted by Gasteiger charge is 2.18. The molecule has 0 aromatic carbocycles. The zero-order chi connectivity index (χ0) is 42.1. The lowest BCUT2D eigenvalue weighted by Crippen LogP contribution is -2.45. The molecular weight excluding hydrogens is 711 g/mol. The van der Waals surface area contributed by atoms with E-state index in [1.54, 1.807) is 6.08 Å². The molecule has 0 heterocycles. The average molecular weight is 816 g/mol. The van der Waals surface area contributed by atoms with Crippen LogP contribution in [0.5, 0.6) is 0 Å². The SMILES string of the molecule is CCCC/C=C/CC/C=C/C(O)C(CO)NC(=O)CCCCCCCCCCCCCCCCCCCCCCCCCCCCCCCCCCCCCCCC. The predicted octanol–water partition coefficient (Wildman–Crippen LogP) is 17.1. The van der Waals surface area contributed by atoms with E-state index in [1.165, 1.54) is 244 Å². The molecule has 1 amide bonds. The lowest BCUT2D eigenvalue weighted by molar-refractivity contribution is -0.123. The van der Waals surface area contributed by atoms with Gasteiger partial charge in [-0.05, 0) is 25.7 Å². The summed E-state index contributed by atoms with van der Waals surface area (Å²) in [5.74, 6) is -0.0724. The second-order valence-electron chi connectivity index (χ2n) is 18.3. The molecule has 344 valence electrons. The van der Waals surface area contributed by atoms with Crippen molar-refractivity contribution in [2.24, 2.45) is 0 Å². The number of carbonyl (C=O) groups is 1. The summed E-state index contributed by atoms with van der Waals surface area (Å²) in [6.07, 6.45) is 66.6. The number of allylic oxidation sites excluding steroid dienone is 3. The molecule has 2 atom stereocenters. The smallest absolute Gasteiger partial charge is 0.220 e. The van der Waals surface area contributed by atoms with Gasteiger partial charge in [0.05, 0.1) is 18.8 Å². The van der Waals surface area contributed by atoms with E-state index in [0.717, 1.165) is 32.1 Å². The number of amides is 1. The van der Waals surface area contributed by atoms with E-state index < -0.39 is 12.1 Å². The van der Waals surface area contributed by atoms with Gasteiger partial charge in [0, 0.05) is 6.42 Å². The first kappa shape index (κ1) is 56.9. The number of aliphatic hydroxyl groups is 2. The summed E-state index contributed by atoms with van der Waals surface area (Å²) in [6, 6.07) is -0.633. The summed E-state index contributed by atoms with van der Waals surface area (Å²) in [4.78, 5) is 12.3. The van der Waals surface area contributed by atoms with Crippen LogP contribution >= 0.6 is 0 Å². The van der Waals surface area contributed by atoms with Crippen molar-refractivity contribution < 1.29 is 15.0 Å². The fourth-order valence-electron chi connectivity index (χ4n) is 8.36. The van der Waals surface area contributed by atoms with Crippen molar-refractivity contribution in [2.45, 2.75) is 309 Å². The van der Waals surface area contributed by atoms with Crippen LogP contribution in [0.15, 0.2) is 24.3 Å². The van der Waals surface area contributed by atoms with Gasteiger partial charge in [-0.2, -0.15) is 0 Å². The van der Waals surface area contributed by atoms with Gasteiger partial charge < -0.3 is 15.5 Å². The highest BCUT2D eigenvalue weighted by atomic mass is 16.3. The van der Waals surface area contributed by atoms with Crippen molar-refractivity contribution in [3.05, 3.63) is 24.3 Å². The van der Waals surface area contributed by atoms with Crippen LogP contribution in [0.1, 0.15) is 296 Å². The van der Waals surface area contributed by atoms with E-state index in [2.05, 4.69) is 31.3 Å². The van der Waals surface area contributed by atoms with E-state index >= 15 is 0 Å². The number of unbranched alkanes of at least 4 members (excludes halogenated alkanes) is 40. The molecule has 0 rings (SSSR count). The van der Waals surface area contributed by atoms with Gasteiger partial charge in [-0.1, -0.05) is 289 Å². The largest absolute Gasteiger partial charge is 0.394 e. The zero-order valence-corrected chi connectivity index (χ0v) is 39.6. The van der Waals surface area contributed by atoms with Crippen molar-refractivity contribution in [3.8, 4) is 0 Å². The third-order valence-corrected chi connectivity index (χ3v) is 12.4. The molecule has 0 aliphatic carbocycles. The zero-order valence-electron chi connectivity index (χ0n) is 39.6. The Hall–Kier alpha value is -1.13. The molecule has 0 aliphatic heterocycles. The van der Waals surface area contributed by atoms with Crippen molar-refractivity contribution in [3.63, 3.8) is 0 Å². The Kier molecular flexibility index (Phi) is 49.2. The second-order valence-corrected chi connectivity index (χ2v) is 18.3. The number of rotatable bonds is 49. The average Bonchev–Trinajstić information content (AvgIpc) is 3.23. The molecule has 4 nitrogen and oxygen atoms in total. The van der Waals surface area contributed by atoms with Crippen LogP contribution in [-0.2, 0) is 4.79 Å². The highest BCUT2D eigenvalue weighted by molar-refractivity contribution is 5.76. The minimum atomic E-state index is -0.856. The molecule has 0 radical (unpaired) electrons. The highest BCUT2D eigenvalue weighted by Crippen LogP contribution is 2.18. The monoisotopic (exact) mass is 816 g/mol. The summed E-state index contributed by atoms with van der Waals surface area (Å²) in [5, 5.41) is 22.8. The Balaban J connectivity index is 3.30. The lowest BCUT2D eigenvalue weighted by atomic mass is 10.0. The standard InChI is InChI=1S/C54H105NO3/c1-3-5-7-9-11-13-14-15-16-17-18-19-20-21-22-23-24-25-26-27-28-29-30-31-32-33-34-35-36-37-38-39-40-41-42-44-46-48-50-54(58)55-52(51-56)53(57)49-47-45-43-12-10-8-6-4-2/h10,12,47,49,52-53,56-57H,3-9,11,13-46,48,50-51H2,1-2H3,(H,55,58)/b12-10+,49-47+. The lowest BCUT2D eigenvalue weighted by Gasteiger charge is -2.19. The summed E-state index contributed by atoms with van der Waals surface area (Å²) < 4.78 is 0. The Bertz CT molecular complexity index is 840. The fraction of sp³-hybridized carbons (Fsp3) is 0.907. The summed E-state index contributed by atoms with van der Waals surface area (Å²) in [6.45, 7) is 4.25. The van der Waals surface area contributed by atoms with E-state index in [9.17, 15) is 15.0 Å². The minimum Gasteiger partial charge on any atom is -0.394 e. The third kappa shape index (κ3) is 45.9. The molecule has 58 heavy (non-hydrogen) atoms. The van der Waals surface area contributed by atoms with Crippen molar-refractivity contribution in [1.82, 2.24) is 5.32 Å². The van der Waals surface area contributed by atoms with Crippen molar-refractivity contribution >= 4 is 5.91 Å². The molecule has 4 heteroatoms. The van der Waals surface area contributed by atoms with E-state index in [0.29, 0.717) is 6.42 Å². The Morgan fingerprint density at radius 3 is 0.983 bits per heavy atom. The van der Waals surface area contributed by atoms with Gasteiger partial charge in [0.15, 0.2) is 0 Å². The molecule has 0 bridgehead atoms. The van der Waals surface area contributed by atoms with Crippen LogP contribution in [0.4, 0.5) is 0 Å². The van der Waals surface area contributed by atoms with E-state index in [1.807, 2.05) is 6.08 Å². The van der Waals surface area contributed by atoms with Crippen LogP contribution in [0.2, 0.25) is 0 Å². The third-order valence-electron chi connectivity index (χ3n) is 12.4. The molecule has 0 saturated heterocycles. The van der Waals surface area contributed by atoms with E-state index in [4.69, 9.17) is 0 Å². The van der Waals surface area contributed by atoms with Gasteiger partial charge >= 0.3 is 0 Å². The normalized spacial score (nSPS) is 13.0. The van der Waals surface area contributed by atoms with Crippen molar-refractivity contribution in [2.75, 3.05) is 6.61 Å². The number of aliphatic hydroxyl groups excluding tert-OH is 2. The molecule has 0 aromatic rings. The number of nitrogens with one attached hydrogen (secondary N) is 1. The first-order chi connectivity index (χ1) is 28.7. The number of hydrogen-bond acceptors (Lipinski definition) is 3. The Morgan fingerprint density at radius 1 is 0.397 bits per heavy atom. The van der Waals surface area contributed by atoms with Crippen LogP contribution < -0.4 is 5.32 Å². The maximum atomic E-state index is 12.3. The Morgan fingerprint density at radius 2 is 0.672 bits per heavy atom. The molecule has 3 N–H and O–H groups in total. The van der Waals surface area contributed by atoms with Crippen LogP contribution in [0.25, 0.3) is 0 Å². The van der Waals surface area contributed by atoms with Gasteiger partial charge in [0.25, 0.3) is 0 Å².